The Kier molecular flexibility index (Phi) is 5.25. The van der Waals surface area contributed by atoms with E-state index in [0.717, 1.165) is 10.5 Å². The summed E-state index contributed by atoms with van der Waals surface area (Å²) >= 11 is 5.38. The number of aryl methyl sites for hydroxylation is 1. The summed E-state index contributed by atoms with van der Waals surface area (Å²) in [5.74, 6) is 5.09. The highest BCUT2D eigenvalue weighted by atomic mass is 35.5. The number of imide groups is 1. The molecule has 0 N–H and O–H groups in total. The second-order valence-corrected chi connectivity index (χ2v) is 3.61. The van der Waals surface area contributed by atoms with Crippen LogP contribution in [0, 0.1) is 18.8 Å². The van der Waals surface area contributed by atoms with Crippen LogP contribution in [0.3, 0.4) is 0 Å². The molecule has 1 aromatic carbocycles. The van der Waals surface area contributed by atoms with Crippen LogP contribution in [0.15, 0.2) is 24.3 Å². The Morgan fingerprint density at radius 1 is 1.41 bits per heavy atom. The predicted molar refractivity (Wildman–Crippen MR) is 66.8 cm³/mol. The van der Waals surface area contributed by atoms with E-state index in [1.165, 1.54) is 0 Å². The van der Waals surface area contributed by atoms with Crippen LogP contribution in [0.5, 0.6) is 0 Å². The minimum Gasteiger partial charge on any atom is -0.278 e. The molecule has 88 valence electrons. The molecule has 0 atom stereocenters. The molecule has 0 aromatic heterocycles. The van der Waals surface area contributed by atoms with Gasteiger partial charge in [0.15, 0.2) is 0 Å². The van der Waals surface area contributed by atoms with Gasteiger partial charge in [-0.3, -0.25) is 14.5 Å². The average molecular weight is 250 g/mol. The summed E-state index contributed by atoms with van der Waals surface area (Å²) in [5, 5.41) is 0. The highest BCUT2D eigenvalue weighted by molar-refractivity contribution is 6.19. The Bertz CT molecular complexity index is 474. The molecule has 0 radical (unpaired) electrons. The Hall–Kier alpha value is -1.79. The van der Waals surface area contributed by atoms with Crippen LogP contribution < -0.4 is 0 Å². The van der Waals surface area contributed by atoms with E-state index in [0.29, 0.717) is 12.0 Å². The zero-order valence-electron chi connectivity index (χ0n) is 9.44. The number of hydrogen-bond acceptors (Lipinski definition) is 2. The summed E-state index contributed by atoms with van der Waals surface area (Å²) in [5.41, 5.74) is 1.34. The number of hydrogen-bond donors (Lipinski definition) is 0. The van der Waals surface area contributed by atoms with E-state index in [2.05, 4.69) is 11.8 Å². The number of carbonyl (C=O) groups is 2. The molecule has 3 nitrogen and oxygen atoms in total. The summed E-state index contributed by atoms with van der Waals surface area (Å²) in [4.78, 5) is 23.8. The monoisotopic (exact) mass is 249 g/mol. The molecule has 0 unspecified atom stereocenters. The van der Waals surface area contributed by atoms with Crippen LogP contribution in [-0.4, -0.2) is 29.6 Å². The molecule has 17 heavy (non-hydrogen) atoms. The zero-order valence-corrected chi connectivity index (χ0v) is 10.2. The molecule has 0 aliphatic carbocycles. The van der Waals surface area contributed by atoms with Crippen molar-refractivity contribution in [1.82, 2.24) is 4.90 Å². The Labute approximate surface area is 105 Å². The lowest BCUT2D eigenvalue weighted by Gasteiger charge is -2.13. The molecule has 1 rings (SSSR count). The summed E-state index contributed by atoms with van der Waals surface area (Å²) in [6.45, 7) is 1.88. The molecule has 0 aliphatic heterocycles. The molecule has 2 amide bonds. The fraction of sp³-hybridized carbons (Fsp3) is 0.231. The van der Waals surface area contributed by atoms with Crippen LogP contribution in [-0.2, 0) is 4.79 Å². The maximum Gasteiger partial charge on any atom is 0.261 e. The molecule has 0 saturated heterocycles. The zero-order chi connectivity index (χ0) is 12.7. The number of carbonyl (C=O) groups excluding carboxylic acids is 2. The fourth-order valence-corrected chi connectivity index (χ4v) is 1.41. The van der Waals surface area contributed by atoms with Crippen molar-refractivity contribution in [3.63, 3.8) is 0 Å². The maximum absolute atomic E-state index is 12.0. The number of amides is 2. The Morgan fingerprint density at radius 3 is 2.71 bits per heavy atom. The molecule has 0 saturated carbocycles. The van der Waals surface area contributed by atoms with Crippen LogP contribution in [0.2, 0.25) is 0 Å². The molecule has 1 aromatic rings. The molecular formula is C13H12ClNO2. The van der Waals surface area contributed by atoms with Gasteiger partial charge in [-0.25, -0.2) is 0 Å². The topological polar surface area (TPSA) is 37.4 Å². The van der Waals surface area contributed by atoms with Gasteiger partial charge in [-0.2, -0.15) is 0 Å². The normalized spacial score (nSPS) is 9.06. The van der Waals surface area contributed by atoms with Crippen molar-refractivity contribution in [2.45, 2.75) is 6.92 Å². The maximum atomic E-state index is 12.0. The summed E-state index contributed by atoms with van der Waals surface area (Å²) in [7, 11) is 0. The van der Waals surface area contributed by atoms with Gasteiger partial charge in [-0.05, 0) is 18.6 Å². The lowest BCUT2D eigenvalue weighted by atomic mass is 10.1. The van der Waals surface area contributed by atoms with Crippen LogP contribution in [0.4, 0.5) is 0 Å². The highest BCUT2D eigenvalue weighted by Gasteiger charge is 2.15. The third-order valence-electron chi connectivity index (χ3n) is 2.20. The summed E-state index contributed by atoms with van der Waals surface area (Å²) in [6.07, 6.45) is 0.484. The van der Waals surface area contributed by atoms with Crippen LogP contribution >= 0.6 is 11.6 Å². The van der Waals surface area contributed by atoms with E-state index in [1.54, 1.807) is 12.1 Å². The number of halogens is 1. The lowest BCUT2D eigenvalue weighted by Crippen LogP contribution is -2.30. The van der Waals surface area contributed by atoms with Gasteiger partial charge >= 0.3 is 0 Å². The van der Waals surface area contributed by atoms with Crippen LogP contribution in [0.25, 0.3) is 0 Å². The first-order valence-corrected chi connectivity index (χ1v) is 5.57. The first-order chi connectivity index (χ1) is 8.20. The largest absolute Gasteiger partial charge is 0.278 e. The summed E-state index contributed by atoms with van der Waals surface area (Å²) < 4.78 is 0. The van der Waals surface area contributed by atoms with Gasteiger partial charge < -0.3 is 0 Å². The average Bonchev–Trinajstić information content (AvgIpc) is 2.35. The van der Waals surface area contributed by atoms with Gasteiger partial charge in [0.2, 0.25) is 6.41 Å². The summed E-state index contributed by atoms with van der Waals surface area (Å²) in [6, 6.07) is 7.10. The smallest absolute Gasteiger partial charge is 0.261 e. The quantitative estimate of drug-likeness (QED) is 0.466. The first kappa shape index (κ1) is 13.3. The molecule has 0 heterocycles. The van der Waals surface area contributed by atoms with Crippen molar-refractivity contribution in [2.24, 2.45) is 0 Å². The van der Waals surface area contributed by atoms with Crippen molar-refractivity contribution in [3.8, 4) is 11.8 Å². The van der Waals surface area contributed by atoms with Crippen molar-refractivity contribution < 1.29 is 9.59 Å². The minimum atomic E-state index is -0.345. The van der Waals surface area contributed by atoms with Gasteiger partial charge in [0, 0.05) is 5.56 Å². The molecule has 0 fully saturated rings. The second-order valence-electron chi connectivity index (χ2n) is 3.34. The van der Waals surface area contributed by atoms with Crippen molar-refractivity contribution >= 4 is 23.9 Å². The minimum absolute atomic E-state index is 0.0589. The SMILES string of the molecule is Cc1ccccc1C(=O)N(C=O)CC#CCCl. The first-order valence-electron chi connectivity index (χ1n) is 5.04. The lowest BCUT2D eigenvalue weighted by molar-refractivity contribution is -0.115. The van der Waals surface area contributed by atoms with E-state index in [-0.39, 0.29) is 18.3 Å². The third kappa shape index (κ3) is 3.61. The number of alkyl halides is 1. The van der Waals surface area contributed by atoms with Gasteiger partial charge in [0.05, 0.1) is 12.4 Å². The second kappa shape index (κ2) is 6.72. The number of rotatable bonds is 3. The van der Waals surface area contributed by atoms with Gasteiger partial charge in [-0.15, -0.1) is 11.6 Å². The highest BCUT2D eigenvalue weighted by Crippen LogP contribution is 2.09. The van der Waals surface area contributed by atoms with Crippen molar-refractivity contribution in [2.75, 3.05) is 12.4 Å². The molecular weight excluding hydrogens is 238 g/mol. The van der Waals surface area contributed by atoms with Crippen molar-refractivity contribution in [1.29, 1.82) is 0 Å². The third-order valence-corrected chi connectivity index (χ3v) is 2.34. The van der Waals surface area contributed by atoms with Gasteiger partial charge in [-0.1, -0.05) is 30.0 Å². The number of nitrogens with zero attached hydrogens (tertiary/aromatic N) is 1. The van der Waals surface area contributed by atoms with Crippen molar-refractivity contribution in [3.05, 3.63) is 35.4 Å². The molecule has 0 bridgehead atoms. The van der Waals surface area contributed by atoms with E-state index in [1.807, 2.05) is 19.1 Å². The van der Waals surface area contributed by atoms with E-state index >= 15 is 0 Å². The molecule has 0 aliphatic rings. The van der Waals surface area contributed by atoms with E-state index < -0.39 is 0 Å². The van der Waals surface area contributed by atoms with E-state index in [9.17, 15) is 9.59 Å². The van der Waals surface area contributed by atoms with Crippen LogP contribution in [0.1, 0.15) is 15.9 Å². The molecule has 4 heteroatoms. The predicted octanol–water partition coefficient (Wildman–Crippen LogP) is 1.84. The standard InChI is InChI=1S/C13H12ClNO2/c1-11-6-2-3-7-12(11)13(17)15(10-16)9-5-4-8-14/h2-3,6-7,10H,8-9H2,1H3. The number of benzene rings is 1. The Balaban J connectivity index is 2.87. The fourth-order valence-electron chi connectivity index (χ4n) is 1.31. The van der Waals surface area contributed by atoms with Gasteiger partial charge in [0.1, 0.15) is 0 Å². The van der Waals surface area contributed by atoms with Gasteiger partial charge in [0.25, 0.3) is 5.91 Å². The molecule has 0 spiro atoms. The Morgan fingerprint density at radius 2 is 2.12 bits per heavy atom. The van der Waals surface area contributed by atoms with E-state index in [4.69, 9.17) is 11.6 Å².